The molecule has 1 unspecified atom stereocenters. The van der Waals surface area contributed by atoms with Gasteiger partial charge in [0.05, 0.1) is 6.42 Å². The van der Waals surface area contributed by atoms with E-state index in [4.69, 9.17) is 4.74 Å². The van der Waals surface area contributed by atoms with E-state index in [0.29, 0.717) is 6.42 Å². The number of ether oxygens (including phenoxy) is 1. The van der Waals surface area contributed by atoms with Crippen LogP contribution >= 0.6 is 0 Å². The van der Waals surface area contributed by atoms with Gasteiger partial charge >= 0.3 is 5.97 Å². The van der Waals surface area contributed by atoms with Crippen molar-refractivity contribution in [1.29, 1.82) is 0 Å². The van der Waals surface area contributed by atoms with E-state index in [1.54, 1.807) is 0 Å². The average Bonchev–Trinajstić information content (AvgIpc) is 2.38. The minimum absolute atomic E-state index is 0.135. The smallest absolute Gasteiger partial charge is 0.310 e. The topological polar surface area (TPSA) is 26.3 Å². The van der Waals surface area contributed by atoms with Crippen LogP contribution in [0.25, 0.3) is 0 Å². The Morgan fingerprint density at radius 2 is 1.90 bits per heavy atom. The zero-order valence-electron chi connectivity index (χ0n) is 13.3. The van der Waals surface area contributed by atoms with Crippen LogP contribution in [0, 0.1) is 5.92 Å². The standard InChI is InChI=1S/C18H28O2/c1-5-15(2)10-9-13-18(3,4)20-17(19)14-16-11-7-6-8-12-16/h6-8,11-12,15H,5,9-10,13-14H2,1-4H3. The van der Waals surface area contributed by atoms with Crippen LogP contribution in [-0.4, -0.2) is 11.6 Å². The average molecular weight is 276 g/mol. The lowest BCUT2D eigenvalue weighted by molar-refractivity contribution is -0.156. The first-order valence-corrected chi connectivity index (χ1v) is 7.68. The molecule has 0 N–H and O–H groups in total. The van der Waals surface area contributed by atoms with E-state index in [-0.39, 0.29) is 11.6 Å². The molecule has 0 radical (unpaired) electrons. The lowest BCUT2D eigenvalue weighted by Gasteiger charge is -2.25. The predicted octanol–water partition coefficient (Wildman–Crippen LogP) is 4.77. The molecule has 1 atom stereocenters. The number of carbonyl (C=O) groups is 1. The second-order valence-corrected chi connectivity index (χ2v) is 6.30. The molecule has 0 heterocycles. The van der Waals surface area contributed by atoms with Gasteiger partial charge < -0.3 is 4.74 Å². The Morgan fingerprint density at radius 3 is 2.50 bits per heavy atom. The predicted molar refractivity (Wildman–Crippen MR) is 83.6 cm³/mol. The quantitative estimate of drug-likeness (QED) is 0.639. The number of hydrogen-bond acceptors (Lipinski definition) is 2. The molecule has 0 fully saturated rings. The normalized spacial score (nSPS) is 13.0. The van der Waals surface area contributed by atoms with Crippen LogP contribution in [-0.2, 0) is 16.0 Å². The fourth-order valence-electron chi connectivity index (χ4n) is 2.24. The molecule has 0 aliphatic rings. The van der Waals surface area contributed by atoms with Crippen molar-refractivity contribution in [2.45, 2.75) is 65.4 Å². The monoisotopic (exact) mass is 276 g/mol. The molecule has 0 amide bonds. The number of hydrogen-bond donors (Lipinski definition) is 0. The van der Waals surface area contributed by atoms with E-state index in [1.165, 1.54) is 12.8 Å². The van der Waals surface area contributed by atoms with Gasteiger partial charge in [0.1, 0.15) is 5.60 Å². The van der Waals surface area contributed by atoms with E-state index in [0.717, 1.165) is 24.3 Å². The largest absolute Gasteiger partial charge is 0.459 e. The highest BCUT2D eigenvalue weighted by Gasteiger charge is 2.22. The Bertz CT molecular complexity index is 395. The molecule has 0 bridgehead atoms. The summed E-state index contributed by atoms with van der Waals surface area (Å²) in [6.07, 6.45) is 4.82. The third-order valence-electron chi connectivity index (χ3n) is 3.75. The first-order chi connectivity index (χ1) is 9.43. The Morgan fingerprint density at radius 1 is 1.25 bits per heavy atom. The number of carbonyl (C=O) groups excluding carboxylic acids is 1. The van der Waals surface area contributed by atoms with Crippen molar-refractivity contribution in [3.63, 3.8) is 0 Å². The van der Waals surface area contributed by atoms with Gasteiger partial charge in [0.15, 0.2) is 0 Å². The van der Waals surface area contributed by atoms with Crippen LogP contribution in [0.1, 0.15) is 58.9 Å². The molecule has 0 aromatic heterocycles. The molecule has 2 nitrogen and oxygen atoms in total. The van der Waals surface area contributed by atoms with Crippen LogP contribution in [0.5, 0.6) is 0 Å². The summed E-state index contributed by atoms with van der Waals surface area (Å²) >= 11 is 0. The second kappa shape index (κ2) is 8.08. The molecule has 0 saturated carbocycles. The number of esters is 1. The minimum Gasteiger partial charge on any atom is -0.459 e. The van der Waals surface area contributed by atoms with E-state index in [2.05, 4.69) is 13.8 Å². The fraction of sp³-hybridized carbons (Fsp3) is 0.611. The molecule has 2 heteroatoms. The van der Waals surface area contributed by atoms with Crippen molar-refractivity contribution >= 4 is 5.97 Å². The number of rotatable bonds is 8. The third kappa shape index (κ3) is 6.74. The summed E-state index contributed by atoms with van der Waals surface area (Å²) in [5.41, 5.74) is 0.646. The summed E-state index contributed by atoms with van der Waals surface area (Å²) in [5, 5.41) is 0. The van der Waals surface area contributed by atoms with Crippen LogP contribution in [0.2, 0.25) is 0 Å². The van der Waals surface area contributed by atoms with E-state index in [9.17, 15) is 4.79 Å². The highest BCUT2D eigenvalue weighted by Crippen LogP contribution is 2.21. The minimum atomic E-state index is -0.362. The summed E-state index contributed by atoms with van der Waals surface area (Å²) in [7, 11) is 0. The zero-order valence-corrected chi connectivity index (χ0v) is 13.3. The van der Waals surface area contributed by atoms with Gasteiger partial charge in [0, 0.05) is 0 Å². The maximum Gasteiger partial charge on any atom is 0.310 e. The SMILES string of the molecule is CCC(C)CCCC(C)(C)OC(=O)Cc1ccccc1. The lowest BCUT2D eigenvalue weighted by Crippen LogP contribution is -2.29. The highest BCUT2D eigenvalue weighted by molar-refractivity contribution is 5.72. The molecule has 0 aliphatic carbocycles. The molecule has 112 valence electrons. The van der Waals surface area contributed by atoms with E-state index in [1.807, 2.05) is 44.2 Å². The lowest BCUT2D eigenvalue weighted by atomic mass is 9.95. The van der Waals surface area contributed by atoms with Gasteiger partial charge in [-0.2, -0.15) is 0 Å². The van der Waals surface area contributed by atoms with Crippen LogP contribution < -0.4 is 0 Å². The molecule has 0 spiro atoms. The summed E-state index contributed by atoms with van der Waals surface area (Å²) in [5.74, 6) is 0.621. The molecular weight excluding hydrogens is 248 g/mol. The van der Waals surface area contributed by atoms with Gasteiger partial charge in [-0.15, -0.1) is 0 Å². The maximum absolute atomic E-state index is 12.0. The highest BCUT2D eigenvalue weighted by atomic mass is 16.6. The Kier molecular flexibility index (Phi) is 6.77. The van der Waals surface area contributed by atoms with Gasteiger partial charge in [0.25, 0.3) is 0 Å². The Hall–Kier alpha value is -1.31. The van der Waals surface area contributed by atoms with Crippen molar-refractivity contribution in [2.75, 3.05) is 0 Å². The van der Waals surface area contributed by atoms with Gasteiger partial charge in [-0.3, -0.25) is 4.79 Å². The van der Waals surface area contributed by atoms with Gasteiger partial charge in [0.2, 0.25) is 0 Å². The van der Waals surface area contributed by atoms with Gasteiger partial charge in [-0.1, -0.05) is 57.0 Å². The number of benzene rings is 1. The molecular formula is C18H28O2. The summed E-state index contributed by atoms with van der Waals surface area (Å²) in [6.45, 7) is 8.50. The summed E-state index contributed by atoms with van der Waals surface area (Å²) < 4.78 is 5.62. The van der Waals surface area contributed by atoms with E-state index < -0.39 is 0 Å². The first-order valence-electron chi connectivity index (χ1n) is 7.68. The van der Waals surface area contributed by atoms with Gasteiger partial charge in [-0.05, 0) is 38.2 Å². The van der Waals surface area contributed by atoms with E-state index >= 15 is 0 Å². The van der Waals surface area contributed by atoms with Crippen molar-refractivity contribution in [3.05, 3.63) is 35.9 Å². The molecule has 0 saturated heterocycles. The molecule has 1 rings (SSSR count). The fourth-order valence-corrected chi connectivity index (χ4v) is 2.24. The summed E-state index contributed by atoms with van der Waals surface area (Å²) in [6, 6.07) is 9.75. The maximum atomic E-state index is 12.0. The third-order valence-corrected chi connectivity index (χ3v) is 3.75. The second-order valence-electron chi connectivity index (χ2n) is 6.30. The zero-order chi connectivity index (χ0) is 15.0. The van der Waals surface area contributed by atoms with Crippen molar-refractivity contribution < 1.29 is 9.53 Å². The van der Waals surface area contributed by atoms with Crippen molar-refractivity contribution in [1.82, 2.24) is 0 Å². The first kappa shape index (κ1) is 16.7. The molecule has 20 heavy (non-hydrogen) atoms. The summed E-state index contributed by atoms with van der Waals surface area (Å²) in [4.78, 5) is 12.0. The van der Waals surface area contributed by atoms with Crippen LogP contribution in [0.3, 0.4) is 0 Å². The van der Waals surface area contributed by atoms with Crippen molar-refractivity contribution in [2.24, 2.45) is 5.92 Å². The molecule has 1 aromatic carbocycles. The Labute approximate surface area is 123 Å². The van der Waals surface area contributed by atoms with Crippen molar-refractivity contribution in [3.8, 4) is 0 Å². The molecule has 0 aliphatic heterocycles. The van der Waals surface area contributed by atoms with Crippen LogP contribution in [0.4, 0.5) is 0 Å². The van der Waals surface area contributed by atoms with Crippen LogP contribution in [0.15, 0.2) is 30.3 Å². The van der Waals surface area contributed by atoms with Gasteiger partial charge in [-0.25, -0.2) is 0 Å². The Balaban J connectivity index is 2.35. The molecule has 1 aromatic rings.